The fourth-order valence-electron chi connectivity index (χ4n) is 5.46. The molecule has 1 aliphatic heterocycles. The quantitative estimate of drug-likeness (QED) is 0.200. The highest BCUT2D eigenvalue weighted by atomic mass is 79.9. The second kappa shape index (κ2) is 12.8. The molecule has 2 aromatic heterocycles. The van der Waals surface area contributed by atoms with Crippen LogP contribution in [0, 0.1) is 0 Å². The van der Waals surface area contributed by atoms with Crippen LogP contribution < -0.4 is 19.3 Å². The van der Waals surface area contributed by atoms with E-state index in [1.807, 2.05) is 30.3 Å². The molecule has 11 nitrogen and oxygen atoms in total. The van der Waals surface area contributed by atoms with E-state index in [1.165, 1.54) is 19.2 Å². The molecule has 6 rings (SSSR count). The second-order valence-corrected chi connectivity index (χ2v) is 12.9. The second-order valence-electron chi connectivity index (χ2n) is 10.3. The number of benzene rings is 3. The van der Waals surface area contributed by atoms with Gasteiger partial charge in [0.05, 0.1) is 41.2 Å². The number of para-hydroxylation sites is 2. The molecule has 232 valence electrons. The predicted octanol–water partition coefficient (Wildman–Crippen LogP) is 5.50. The molecule has 0 unspecified atom stereocenters. The Balaban J connectivity index is 1.33. The number of hydrogen-bond acceptors (Lipinski definition) is 9. The standard InChI is InChI=1S/C32H31BrN6O5S/c1-3-44-32(40)29-30(25-20-22(33)8-13-26(25)35-31(29)39-15-14-34-21-39)38-18-16-37(17-19-38)28-7-5-4-6-27(28)36-45(41,42)24-11-9-23(43-2)10-12-24/h4-15,20-21,36H,3,16-19H2,1-2H3. The van der Waals surface area contributed by atoms with Crippen LogP contribution in [0.4, 0.5) is 17.1 Å². The predicted molar refractivity (Wildman–Crippen MR) is 177 cm³/mol. The number of nitrogens with zero attached hydrogens (tertiary/aromatic N) is 5. The lowest BCUT2D eigenvalue weighted by atomic mass is 10.1. The van der Waals surface area contributed by atoms with Gasteiger partial charge in [-0.3, -0.25) is 9.29 Å². The minimum atomic E-state index is -3.84. The summed E-state index contributed by atoms with van der Waals surface area (Å²) in [5.74, 6) is 0.549. The van der Waals surface area contributed by atoms with E-state index in [1.54, 1.807) is 54.5 Å². The number of anilines is 3. The summed E-state index contributed by atoms with van der Waals surface area (Å²) in [6.45, 7) is 4.25. The van der Waals surface area contributed by atoms with Crippen molar-refractivity contribution in [1.82, 2.24) is 14.5 Å². The summed E-state index contributed by atoms with van der Waals surface area (Å²) in [6.07, 6.45) is 5.00. The Labute approximate surface area is 269 Å². The maximum Gasteiger partial charge on any atom is 0.344 e. The number of ether oxygens (including phenoxy) is 2. The number of aromatic nitrogens is 3. The van der Waals surface area contributed by atoms with Gasteiger partial charge in [-0.05, 0) is 61.5 Å². The fourth-order valence-corrected chi connectivity index (χ4v) is 6.90. The summed E-state index contributed by atoms with van der Waals surface area (Å²) in [4.78, 5) is 27.0. The lowest BCUT2D eigenvalue weighted by Gasteiger charge is -2.39. The van der Waals surface area contributed by atoms with Crippen LogP contribution in [0.5, 0.6) is 5.75 Å². The van der Waals surface area contributed by atoms with Gasteiger partial charge >= 0.3 is 5.97 Å². The SMILES string of the molecule is CCOC(=O)c1c(-n2ccnc2)nc2ccc(Br)cc2c1N1CCN(c2ccccc2NS(=O)(=O)c2ccc(OC)cc2)CC1. The summed E-state index contributed by atoms with van der Waals surface area (Å²) >= 11 is 3.59. The van der Waals surface area contributed by atoms with Crippen molar-refractivity contribution in [2.24, 2.45) is 0 Å². The minimum absolute atomic E-state index is 0.138. The van der Waals surface area contributed by atoms with Crippen molar-refractivity contribution >= 4 is 59.9 Å². The largest absolute Gasteiger partial charge is 0.497 e. The van der Waals surface area contributed by atoms with E-state index in [-0.39, 0.29) is 11.5 Å². The third-order valence-electron chi connectivity index (χ3n) is 7.58. The molecule has 0 bridgehead atoms. The van der Waals surface area contributed by atoms with Gasteiger partial charge in [-0.25, -0.2) is 23.2 Å². The van der Waals surface area contributed by atoms with E-state index in [9.17, 15) is 13.2 Å². The maximum atomic E-state index is 13.6. The van der Waals surface area contributed by atoms with E-state index in [0.29, 0.717) is 49.0 Å². The van der Waals surface area contributed by atoms with Crippen molar-refractivity contribution in [3.05, 3.63) is 95.5 Å². The molecular weight excluding hydrogens is 660 g/mol. The highest BCUT2D eigenvalue weighted by Crippen LogP contribution is 2.37. The Hall–Kier alpha value is -4.62. The van der Waals surface area contributed by atoms with Gasteiger partial charge in [-0.15, -0.1) is 0 Å². The Morgan fingerprint density at radius 2 is 1.73 bits per heavy atom. The number of rotatable bonds is 9. The lowest BCUT2D eigenvalue weighted by molar-refractivity contribution is 0.0526. The number of fused-ring (bicyclic) bond motifs is 1. The topological polar surface area (TPSA) is 119 Å². The molecule has 0 aliphatic carbocycles. The van der Waals surface area contributed by atoms with E-state index in [4.69, 9.17) is 14.5 Å². The van der Waals surface area contributed by atoms with Gasteiger partial charge in [-0.1, -0.05) is 28.1 Å². The number of nitrogens with one attached hydrogen (secondary N) is 1. The summed E-state index contributed by atoms with van der Waals surface area (Å²) in [5, 5.41) is 0.817. The number of carbonyl (C=O) groups excluding carboxylic acids is 1. The summed E-state index contributed by atoms with van der Waals surface area (Å²) in [5.41, 5.74) is 3.07. The number of halogens is 1. The number of sulfonamides is 1. The molecule has 1 aliphatic rings. The molecule has 0 radical (unpaired) electrons. The first-order chi connectivity index (χ1) is 21.8. The Kier molecular flexibility index (Phi) is 8.63. The molecule has 1 N–H and O–H groups in total. The summed E-state index contributed by atoms with van der Waals surface area (Å²) in [7, 11) is -2.31. The highest BCUT2D eigenvalue weighted by Gasteiger charge is 2.30. The average molecular weight is 692 g/mol. The monoisotopic (exact) mass is 690 g/mol. The lowest BCUT2D eigenvalue weighted by Crippen LogP contribution is -2.47. The first kappa shape index (κ1) is 30.4. The van der Waals surface area contributed by atoms with Crippen molar-refractivity contribution in [2.45, 2.75) is 11.8 Å². The third-order valence-corrected chi connectivity index (χ3v) is 9.46. The molecule has 0 saturated carbocycles. The van der Waals surface area contributed by atoms with Crippen LogP contribution in [-0.4, -0.2) is 68.8 Å². The number of imidazole rings is 1. The average Bonchev–Trinajstić information content (AvgIpc) is 3.59. The molecule has 0 atom stereocenters. The minimum Gasteiger partial charge on any atom is -0.497 e. The van der Waals surface area contributed by atoms with Crippen LogP contribution in [0.2, 0.25) is 0 Å². The van der Waals surface area contributed by atoms with E-state index in [2.05, 4.69) is 35.4 Å². The number of carbonyl (C=O) groups is 1. The van der Waals surface area contributed by atoms with Gasteiger partial charge in [0.2, 0.25) is 0 Å². The molecule has 3 heterocycles. The van der Waals surface area contributed by atoms with Gasteiger partial charge in [0, 0.05) is 48.4 Å². The van der Waals surface area contributed by atoms with Crippen LogP contribution in [0.15, 0.2) is 94.8 Å². The van der Waals surface area contributed by atoms with Gasteiger partial charge < -0.3 is 19.3 Å². The number of piperazine rings is 1. The Morgan fingerprint density at radius 1 is 1.00 bits per heavy atom. The smallest absolute Gasteiger partial charge is 0.344 e. The van der Waals surface area contributed by atoms with Gasteiger partial charge in [0.1, 0.15) is 17.6 Å². The van der Waals surface area contributed by atoms with E-state index < -0.39 is 16.0 Å². The van der Waals surface area contributed by atoms with Crippen LogP contribution in [0.1, 0.15) is 17.3 Å². The number of hydrogen-bond donors (Lipinski definition) is 1. The summed E-state index contributed by atoms with van der Waals surface area (Å²) < 4.78 is 42.6. The number of pyridine rings is 1. The van der Waals surface area contributed by atoms with Gasteiger partial charge in [-0.2, -0.15) is 0 Å². The van der Waals surface area contributed by atoms with Crippen LogP contribution >= 0.6 is 15.9 Å². The molecular formula is C32H31BrN6O5S. The fraction of sp³-hybridized carbons (Fsp3) is 0.219. The molecule has 1 saturated heterocycles. The Morgan fingerprint density at radius 3 is 2.42 bits per heavy atom. The van der Waals surface area contributed by atoms with E-state index >= 15 is 0 Å². The van der Waals surface area contributed by atoms with Crippen molar-refractivity contribution in [1.29, 1.82) is 0 Å². The summed E-state index contributed by atoms with van der Waals surface area (Å²) in [6, 6.07) is 19.4. The molecule has 1 fully saturated rings. The maximum absolute atomic E-state index is 13.6. The molecule has 0 amide bonds. The van der Waals surface area contributed by atoms with Crippen molar-refractivity contribution in [3.63, 3.8) is 0 Å². The van der Waals surface area contributed by atoms with Crippen molar-refractivity contribution in [2.75, 3.05) is 54.4 Å². The highest BCUT2D eigenvalue weighted by molar-refractivity contribution is 9.10. The van der Waals surface area contributed by atoms with E-state index in [0.717, 1.165) is 26.8 Å². The Bertz CT molecular complexity index is 1940. The number of esters is 1. The van der Waals surface area contributed by atoms with Gasteiger partial charge in [0.25, 0.3) is 10.0 Å². The zero-order valence-electron chi connectivity index (χ0n) is 24.7. The third kappa shape index (κ3) is 6.18. The first-order valence-corrected chi connectivity index (χ1v) is 16.6. The zero-order valence-corrected chi connectivity index (χ0v) is 27.1. The van der Waals surface area contributed by atoms with Crippen LogP contribution in [0.25, 0.3) is 16.7 Å². The normalized spacial score (nSPS) is 13.6. The van der Waals surface area contributed by atoms with Crippen LogP contribution in [0.3, 0.4) is 0 Å². The van der Waals surface area contributed by atoms with Crippen LogP contribution in [-0.2, 0) is 14.8 Å². The number of methoxy groups -OCH3 is 1. The molecule has 3 aromatic carbocycles. The van der Waals surface area contributed by atoms with Gasteiger partial charge in [0.15, 0.2) is 5.82 Å². The molecule has 13 heteroatoms. The molecule has 0 spiro atoms. The first-order valence-electron chi connectivity index (χ1n) is 14.3. The van der Waals surface area contributed by atoms with Crippen molar-refractivity contribution < 1.29 is 22.7 Å². The zero-order chi connectivity index (χ0) is 31.6. The van der Waals surface area contributed by atoms with Crippen molar-refractivity contribution in [3.8, 4) is 11.6 Å². The molecule has 5 aromatic rings. The molecule has 45 heavy (non-hydrogen) atoms.